The standard InChI is InChI=1S/C16H25NO4/c1-3-7-15(10-11-15)12-20-14(19)17-16(21-13(2)18)8-5-4-6-9-16/h3H,1,4-12H2,2H3,(H,17,19). The molecule has 0 aromatic rings. The Bertz CT molecular complexity index is 409. The van der Waals surface area contributed by atoms with Crippen molar-refractivity contribution in [1.29, 1.82) is 0 Å². The molecule has 2 aliphatic carbocycles. The van der Waals surface area contributed by atoms with E-state index in [9.17, 15) is 9.59 Å². The van der Waals surface area contributed by atoms with E-state index in [1.807, 2.05) is 6.08 Å². The van der Waals surface area contributed by atoms with E-state index in [2.05, 4.69) is 11.9 Å². The Morgan fingerprint density at radius 3 is 2.38 bits per heavy atom. The minimum Gasteiger partial charge on any atom is -0.449 e. The molecule has 5 heteroatoms. The van der Waals surface area contributed by atoms with Crippen LogP contribution in [0.2, 0.25) is 0 Å². The summed E-state index contributed by atoms with van der Waals surface area (Å²) >= 11 is 0. The second kappa shape index (κ2) is 6.50. The fraction of sp³-hybridized carbons (Fsp3) is 0.750. The highest BCUT2D eigenvalue weighted by Gasteiger charge is 2.43. The van der Waals surface area contributed by atoms with Crippen molar-refractivity contribution in [3.8, 4) is 0 Å². The van der Waals surface area contributed by atoms with Gasteiger partial charge in [0.1, 0.15) is 0 Å². The molecule has 118 valence electrons. The van der Waals surface area contributed by atoms with Crippen molar-refractivity contribution in [1.82, 2.24) is 5.32 Å². The van der Waals surface area contributed by atoms with Crippen LogP contribution >= 0.6 is 0 Å². The quantitative estimate of drug-likeness (QED) is 0.464. The van der Waals surface area contributed by atoms with Gasteiger partial charge in [0.25, 0.3) is 0 Å². The molecule has 1 amide bonds. The van der Waals surface area contributed by atoms with Gasteiger partial charge in [0, 0.05) is 25.2 Å². The van der Waals surface area contributed by atoms with Gasteiger partial charge in [-0.05, 0) is 32.1 Å². The van der Waals surface area contributed by atoms with Gasteiger partial charge in [0.15, 0.2) is 5.72 Å². The van der Waals surface area contributed by atoms with E-state index in [-0.39, 0.29) is 11.4 Å². The van der Waals surface area contributed by atoms with Crippen LogP contribution in [0.3, 0.4) is 0 Å². The summed E-state index contributed by atoms with van der Waals surface area (Å²) in [5, 5.41) is 2.78. The first kappa shape index (κ1) is 15.9. The third-order valence-electron chi connectivity index (χ3n) is 4.37. The molecular formula is C16H25NO4. The van der Waals surface area contributed by atoms with E-state index in [1.165, 1.54) is 6.92 Å². The maximum atomic E-state index is 12.0. The molecule has 0 aromatic carbocycles. The molecule has 5 nitrogen and oxygen atoms in total. The Hall–Kier alpha value is -1.52. The van der Waals surface area contributed by atoms with Crippen molar-refractivity contribution in [2.45, 2.75) is 64.0 Å². The zero-order chi connectivity index (χ0) is 15.3. The fourth-order valence-corrected chi connectivity index (χ4v) is 2.98. The summed E-state index contributed by atoms with van der Waals surface area (Å²) in [6.07, 6.45) is 8.67. The summed E-state index contributed by atoms with van der Waals surface area (Å²) in [7, 11) is 0. The van der Waals surface area contributed by atoms with Crippen molar-refractivity contribution in [2.24, 2.45) is 5.41 Å². The van der Waals surface area contributed by atoms with Crippen molar-refractivity contribution < 1.29 is 19.1 Å². The number of nitrogens with one attached hydrogen (secondary N) is 1. The van der Waals surface area contributed by atoms with Gasteiger partial charge in [0.05, 0.1) is 6.61 Å². The van der Waals surface area contributed by atoms with Crippen LogP contribution in [0.15, 0.2) is 12.7 Å². The third-order valence-corrected chi connectivity index (χ3v) is 4.37. The molecule has 0 saturated heterocycles. The van der Waals surface area contributed by atoms with Crippen LogP contribution in [-0.2, 0) is 14.3 Å². The van der Waals surface area contributed by atoms with Gasteiger partial charge >= 0.3 is 12.1 Å². The van der Waals surface area contributed by atoms with E-state index in [0.717, 1.165) is 38.5 Å². The van der Waals surface area contributed by atoms with Gasteiger partial charge in [0.2, 0.25) is 0 Å². The van der Waals surface area contributed by atoms with Crippen LogP contribution in [-0.4, -0.2) is 24.4 Å². The Labute approximate surface area is 126 Å². The summed E-state index contributed by atoms with van der Waals surface area (Å²) < 4.78 is 10.7. The normalized spacial score (nSPS) is 22.0. The van der Waals surface area contributed by atoms with Crippen LogP contribution in [0, 0.1) is 5.41 Å². The van der Waals surface area contributed by atoms with Crippen molar-refractivity contribution >= 4 is 12.1 Å². The molecule has 0 aliphatic heterocycles. The monoisotopic (exact) mass is 295 g/mol. The van der Waals surface area contributed by atoms with Gasteiger partial charge in [-0.2, -0.15) is 0 Å². The molecule has 2 aliphatic rings. The number of rotatable bonds is 6. The number of carbonyl (C=O) groups excluding carboxylic acids is 2. The minimum absolute atomic E-state index is 0.0975. The predicted molar refractivity (Wildman–Crippen MR) is 78.5 cm³/mol. The highest BCUT2D eigenvalue weighted by molar-refractivity contribution is 5.70. The van der Waals surface area contributed by atoms with Crippen molar-refractivity contribution in [2.75, 3.05) is 6.61 Å². The van der Waals surface area contributed by atoms with Crippen LogP contribution in [0.25, 0.3) is 0 Å². The Balaban J connectivity index is 1.86. The topological polar surface area (TPSA) is 64.6 Å². The van der Waals surface area contributed by atoms with E-state index in [1.54, 1.807) is 0 Å². The largest absolute Gasteiger partial charge is 0.449 e. The lowest BCUT2D eigenvalue weighted by Crippen LogP contribution is -2.53. The molecule has 2 fully saturated rings. The van der Waals surface area contributed by atoms with Gasteiger partial charge in [-0.1, -0.05) is 12.5 Å². The number of ether oxygens (including phenoxy) is 2. The Morgan fingerprint density at radius 1 is 1.19 bits per heavy atom. The summed E-state index contributed by atoms with van der Waals surface area (Å²) in [5.41, 5.74) is -0.781. The van der Waals surface area contributed by atoms with E-state index in [4.69, 9.17) is 9.47 Å². The van der Waals surface area contributed by atoms with Gasteiger partial charge in [-0.3, -0.25) is 10.1 Å². The highest BCUT2D eigenvalue weighted by Crippen LogP contribution is 2.49. The second-order valence-corrected chi connectivity index (χ2v) is 6.34. The number of hydrogen-bond donors (Lipinski definition) is 1. The molecule has 0 aromatic heterocycles. The van der Waals surface area contributed by atoms with E-state index >= 15 is 0 Å². The molecule has 0 spiro atoms. The summed E-state index contributed by atoms with van der Waals surface area (Å²) in [5.74, 6) is -0.373. The minimum atomic E-state index is -0.879. The average Bonchev–Trinajstić information content (AvgIpc) is 3.17. The molecule has 0 atom stereocenters. The van der Waals surface area contributed by atoms with Gasteiger partial charge < -0.3 is 9.47 Å². The average molecular weight is 295 g/mol. The smallest absolute Gasteiger partial charge is 0.410 e. The van der Waals surface area contributed by atoms with Crippen LogP contribution in [0.1, 0.15) is 58.3 Å². The summed E-state index contributed by atoms with van der Waals surface area (Å²) in [4.78, 5) is 23.3. The van der Waals surface area contributed by atoms with Crippen LogP contribution in [0.4, 0.5) is 4.79 Å². The number of carbonyl (C=O) groups is 2. The molecule has 21 heavy (non-hydrogen) atoms. The molecule has 0 bridgehead atoms. The number of esters is 1. The molecule has 0 radical (unpaired) electrons. The zero-order valence-corrected chi connectivity index (χ0v) is 12.8. The number of alkyl carbamates (subject to hydrolysis) is 1. The highest BCUT2D eigenvalue weighted by atomic mass is 16.6. The third kappa shape index (κ3) is 4.48. The molecule has 0 heterocycles. The van der Waals surface area contributed by atoms with Crippen LogP contribution < -0.4 is 5.32 Å². The molecule has 1 N–H and O–H groups in total. The second-order valence-electron chi connectivity index (χ2n) is 6.34. The first-order valence-electron chi connectivity index (χ1n) is 7.75. The first-order chi connectivity index (χ1) is 9.99. The predicted octanol–water partition coefficient (Wildman–Crippen LogP) is 3.29. The Kier molecular flexibility index (Phi) is 4.91. The van der Waals surface area contributed by atoms with Crippen molar-refractivity contribution in [3.63, 3.8) is 0 Å². The zero-order valence-electron chi connectivity index (χ0n) is 12.8. The van der Waals surface area contributed by atoms with E-state index < -0.39 is 11.8 Å². The number of amides is 1. The molecule has 2 saturated carbocycles. The maximum absolute atomic E-state index is 12.0. The molecule has 2 rings (SSSR count). The summed E-state index contributed by atoms with van der Waals surface area (Å²) in [6.45, 7) is 5.51. The maximum Gasteiger partial charge on any atom is 0.410 e. The lowest BCUT2D eigenvalue weighted by atomic mass is 9.91. The number of allylic oxidation sites excluding steroid dienone is 1. The van der Waals surface area contributed by atoms with Gasteiger partial charge in [-0.25, -0.2) is 4.79 Å². The molecular weight excluding hydrogens is 270 g/mol. The lowest BCUT2D eigenvalue weighted by Gasteiger charge is -2.36. The summed E-state index contributed by atoms with van der Waals surface area (Å²) in [6, 6.07) is 0. The molecule has 0 unspecified atom stereocenters. The first-order valence-corrected chi connectivity index (χ1v) is 7.75. The SMILES string of the molecule is C=CCC1(COC(=O)NC2(OC(C)=O)CCCCC2)CC1. The number of hydrogen-bond acceptors (Lipinski definition) is 4. The van der Waals surface area contributed by atoms with Crippen molar-refractivity contribution in [3.05, 3.63) is 12.7 Å². The van der Waals surface area contributed by atoms with E-state index in [0.29, 0.717) is 19.4 Å². The van der Waals surface area contributed by atoms with Crippen LogP contribution in [0.5, 0.6) is 0 Å². The lowest BCUT2D eigenvalue weighted by molar-refractivity contribution is -0.164. The fourth-order valence-electron chi connectivity index (χ4n) is 2.98. The Morgan fingerprint density at radius 2 is 1.86 bits per heavy atom. The van der Waals surface area contributed by atoms with Gasteiger partial charge in [-0.15, -0.1) is 6.58 Å².